The molecule has 2 bridgehead atoms. The Balaban J connectivity index is 1.65. The van der Waals surface area contributed by atoms with Gasteiger partial charge >= 0.3 is 6.09 Å². The second kappa shape index (κ2) is 5.07. The number of benzene rings is 1. The van der Waals surface area contributed by atoms with Gasteiger partial charge in [0, 0.05) is 0 Å². The molecule has 0 spiro atoms. The van der Waals surface area contributed by atoms with Crippen LogP contribution in [0.2, 0.25) is 0 Å². The molecule has 1 saturated heterocycles. The number of amides is 2. The van der Waals surface area contributed by atoms with Gasteiger partial charge < -0.3 is 9.47 Å². The van der Waals surface area contributed by atoms with Crippen molar-refractivity contribution in [3.05, 3.63) is 47.4 Å². The molecule has 1 aromatic carbocycles. The Morgan fingerprint density at radius 1 is 1.37 bits per heavy atom. The van der Waals surface area contributed by atoms with Gasteiger partial charge in [-0.3, -0.25) is 4.79 Å². The summed E-state index contributed by atoms with van der Waals surface area (Å²) in [5.74, 6) is -0.363. The minimum Gasteiger partial charge on any atom is -0.444 e. The lowest BCUT2D eigenvalue weighted by Gasteiger charge is -2.18. The Morgan fingerprint density at radius 2 is 2.16 bits per heavy atom. The quantitative estimate of drug-likeness (QED) is 0.828. The highest BCUT2D eigenvalue weighted by Gasteiger charge is 2.46. The summed E-state index contributed by atoms with van der Waals surface area (Å²) >= 11 is 1.25. The molecule has 2 unspecified atom stereocenters. The summed E-state index contributed by atoms with van der Waals surface area (Å²) in [4.78, 5) is 24.8. The van der Waals surface area contributed by atoms with Gasteiger partial charge in [-0.15, -0.1) is 0 Å². The first-order chi connectivity index (χ1) is 9.25. The number of hydrogen-bond acceptors (Lipinski definition) is 5. The predicted octanol–water partition coefficient (Wildman–Crippen LogP) is 2.09. The van der Waals surface area contributed by atoms with Crippen molar-refractivity contribution in [2.75, 3.05) is 0 Å². The minimum absolute atomic E-state index is 0.137. The second-order valence-corrected chi connectivity index (χ2v) is 5.04. The lowest BCUT2D eigenvalue weighted by Crippen LogP contribution is -2.38. The van der Waals surface area contributed by atoms with Crippen molar-refractivity contribution in [3.63, 3.8) is 0 Å². The molecular formula is C13H11NO4S. The van der Waals surface area contributed by atoms with Gasteiger partial charge in [-0.1, -0.05) is 42.1 Å². The Kier molecular flexibility index (Phi) is 3.27. The van der Waals surface area contributed by atoms with Gasteiger partial charge in [-0.05, 0) is 17.0 Å². The Hall–Kier alpha value is -1.79. The summed E-state index contributed by atoms with van der Waals surface area (Å²) in [7, 11) is 0. The van der Waals surface area contributed by atoms with E-state index in [0.29, 0.717) is 0 Å². The van der Waals surface area contributed by atoms with Gasteiger partial charge in [0.1, 0.15) is 6.61 Å². The molecule has 0 N–H and O–H groups in total. The first-order valence-corrected chi connectivity index (χ1v) is 6.71. The SMILES string of the molecule is O=C(OCc1ccccc1)N1C(=O)C2OC1C=CS2. The van der Waals surface area contributed by atoms with Crippen molar-refractivity contribution >= 4 is 23.8 Å². The third-order valence-electron chi connectivity index (χ3n) is 2.80. The number of fused-ring (bicyclic) bond motifs is 2. The lowest BCUT2D eigenvalue weighted by atomic mass is 10.2. The zero-order chi connectivity index (χ0) is 13.2. The van der Waals surface area contributed by atoms with Crippen molar-refractivity contribution in [1.29, 1.82) is 0 Å². The maximum Gasteiger partial charge on any atom is 0.419 e. The van der Waals surface area contributed by atoms with Crippen LogP contribution in [0.25, 0.3) is 0 Å². The van der Waals surface area contributed by atoms with E-state index in [2.05, 4.69) is 0 Å². The average Bonchev–Trinajstić information content (AvgIpc) is 2.67. The van der Waals surface area contributed by atoms with Gasteiger partial charge in [0.05, 0.1) is 0 Å². The van der Waals surface area contributed by atoms with Crippen LogP contribution in [-0.4, -0.2) is 28.6 Å². The van der Waals surface area contributed by atoms with Crippen LogP contribution in [0.3, 0.4) is 0 Å². The minimum atomic E-state index is -0.673. The van der Waals surface area contributed by atoms with Crippen molar-refractivity contribution in [2.45, 2.75) is 18.3 Å². The Labute approximate surface area is 114 Å². The zero-order valence-corrected chi connectivity index (χ0v) is 10.7. The fourth-order valence-corrected chi connectivity index (χ4v) is 2.65. The van der Waals surface area contributed by atoms with E-state index in [1.165, 1.54) is 11.8 Å². The number of thioether (sulfide) groups is 1. The lowest BCUT2D eigenvalue weighted by molar-refractivity contribution is -0.126. The third kappa shape index (κ3) is 2.36. The fourth-order valence-electron chi connectivity index (χ4n) is 1.87. The molecule has 6 heteroatoms. The molecule has 2 amide bonds. The average molecular weight is 277 g/mol. The van der Waals surface area contributed by atoms with Crippen LogP contribution in [0, 0.1) is 0 Å². The zero-order valence-electron chi connectivity index (χ0n) is 9.89. The van der Waals surface area contributed by atoms with Crippen LogP contribution >= 0.6 is 11.8 Å². The monoisotopic (exact) mass is 277 g/mol. The number of carbonyl (C=O) groups excluding carboxylic acids is 2. The van der Waals surface area contributed by atoms with Gasteiger partial charge in [0.2, 0.25) is 0 Å². The molecule has 3 rings (SSSR count). The van der Waals surface area contributed by atoms with E-state index in [9.17, 15) is 9.59 Å². The molecule has 1 fully saturated rings. The summed E-state index contributed by atoms with van der Waals surface area (Å²) in [5.41, 5.74) is 0.246. The molecule has 2 atom stereocenters. The van der Waals surface area contributed by atoms with Crippen LogP contribution in [0.15, 0.2) is 41.8 Å². The largest absolute Gasteiger partial charge is 0.444 e. The van der Waals surface area contributed by atoms with E-state index < -0.39 is 17.8 Å². The first-order valence-electron chi connectivity index (χ1n) is 5.77. The second-order valence-electron chi connectivity index (χ2n) is 4.07. The molecule has 19 heavy (non-hydrogen) atoms. The van der Waals surface area contributed by atoms with Gasteiger partial charge in [0.25, 0.3) is 5.91 Å². The van der Waals surface area contributed by atoms with E-state index in [1.807, 2.05) is 30.3 Å². The standard InChI is InChI=1S/C13H11NO4S/c15-11-12-18-10(6-7-19-12)14(11)13(16)17-8-9-4-2-1-3-5-9/h1-7,10,12H,8H2. The van der Waals surface area contributed by atoms with Crippen LogP contribution < -0.4 is 0 Å². The number of rotatable bonds is 2. The van der Waals surface area contributed by atoms with Crippen LogP contribution in [0.1, 0.15) is 5.56 Å². The molecule has 1 aromatic rings. The smallest absolute Gasteiger partial charge is 0.419 e. The van der Waals surface area contributed by atoms with Crippen molar-refractivity contribution in [2.24, 2.45) is 0 Å². The van der Waals surface area contributed by atoms with E-state index in [4.69, 9.17) is 9.47 Å². The molecule has 0 aliphatic carbocycles. The van der Waals surface area contributed by atoms with Crippen LogP contribution in [-0.2, 0) is 20.9 Å². The van der Waals surface area contributed by atoms with Gasteiger partial charge in [-0.2, -0.15) is 0 Å². The predicted molar refractivity (Wildman–Crippen MR) is 68.9 cm³/mol. The van der Waals surface area contributed by atoms with E-state index in [1.54, 1.807) is 11.5 Å². The maximum atomic E-state index is 11.9. The van der Waals surface area contributed by atoms with Crippen molar-refractivity contribution in [3.8, 4) is 0 Å². The fraction of sp³-hybridized carbons (Fsp3) is 0.231. The van der Waals surface area contributed by atoms with E-state index >= 15 is 0 Å². The summed E-state index contributed by atoms with van der Waals surface area (Å²) in [6, 6.07) is 9.31. The molecule has 2 heterocycles. The molecule has 0 saturated carbocycles. The van der Waals surface area contributed by atoms with E-state index in [-0.39, 0.29) is 12.5 Å². The molecular weight excluding hydrogens is 266 g/mol. The maximum absolute atomic E-state index is 11.9. The van der Waals surface area contributed by atoms with Gasteiger partial charge in [-0.25, -0.2) is 9.69 Å². The Bertz CT molecular complexity index is 531. The number of ether oxygens (including phenoxy) is 2. The third-order valence-corrected chi connectivity index (χ3v) is 3.68. The van der Waals surface area contributed by atoms with Crippen molar-refractivity contribution < 1.29 is 19.1 Å². The highest BCUT2D eigenvalue weighted by atomic mass is 32.2. The van der Waals surface area contributed by atoms with Crippen molar-refractivity contribution in [1.82, 2.24) is 4.90 Å². The van der Waals surface area contributed by atoms with E-state index in [0.717, 1.165) is 10.5 Å². The molecule has 98 valence electrons. The molecule has 0 aromatic heterocycles. The number of nitrogens with zero attached hydrogens (tertiary/aromatic N) is 1. The normalized spacial score (nSPS) is 24.6. The Morgan fingerprint density at radius 3 is 2.89 bits per heavy atom. The summed E-state index contributed by atoms with van der Waals surface area (Å²) < 4.78 is 10.5. The molecule has 0 radical (unpaired) electrons. The molecule has 2 aliphatic rings. The summed E-state index contributed by atoms with van der Waals surface area (Å²) in [6.45, 7) is 0.137. The molecule has 5 nitrogen and oxygen atoms in total. The molecule has 2 aliphatic heterocycles. The van der Waals surface area contributed by atoms with Gasteiger partial charge in [0.15, 0.2) is 11.7 Å². The summed E-state index contributed by atoms with van der Waals surface area (Å²) in [6.07, 6.45) is 0.353. The highest BCUT2D eigenvalue weighted by Crippen LogP contribution is 2.32. The first kappa shape index (κ1) is 12.3. The van der Waals surface area contributed by atoms with Crippen LogP contribution in [0.5, 0.6) is 0 Å². The highest BCUT2D eigenvalue weighted by molar-refractivity contribution is 8.03. The topological polar surface area (TPSA) is 55.8 Å². The number of imide groups is 1. The van der Waals surface area contributed by atoms with Crippen LogP contribution in [0.4, 0.5) is 4.79 Å². The summed E-state index contributed by atoms with van der Waals surface area (Å²) in [5, 5.41) is 1.77. The number of carbonyl (C=O) groups is 2. The number of hydrogen-bond donors (Lipinski definition) is 0.